The Hall–Kier alpha value is -0.830. The van der Waals surface area contributed by atoms with E-state index in [9.17, 15) is 4.79 Å². The number of aliphatic hydroxyl groups is 1. The molecule has 3 nitrogen and oxygen atoms in total. The minimum Gasteiger partial charge on any atom is -0.466 e. The summed E-state index contributed by atoms with van der Waals surface area (Å²) in [5.74, 6) is -0.144. The van der Waals surface area contributed by atoms with Crippen molar-refractivity contribution in [1.82, 2.24) is 0 Å². The summed E-state index contributed by atoms with van der Waals surface area (Å²) < 4.78 is 4.74. The Kier molecular flexibility index (Phi) is 7.70. The van der Waals surface area contributed by atoms with Crippen LogP contribution in [0.3, 0.4) is 0 Å². The molecule has 0 aliphatic heterocycles. The second-order valence-electron chi connectivity index (χ2n) is 2.35. The topological polar surface area (TPSA) is 46.5 Å². The van der Waals surface area contributed by atoms with Crippen LogP contribution in [0, 0.1) is 0 Å². The number of hydrogen-bond acceptors (Lipinski definition) is 3. The van der Waals surface area contributed by atoms with Crippen LogP contribution in [-0.2, 0) is 9.53 Å². The number of rotatable bonds is 6. The summed E-state index contributed by atoms with van der Waals surface area (Å²) in [5.41, 5.74) is 0. The standard InChI is InChI=1S/C9H16O3/c1-2-12-9(11)7-5-3-4-6-8-10/h4,6,10H,2-3,5,7-8H2,1H3/b6-4-. The normalized spacial score (nSPS) is 10.5. The van der Waals surface area contributed by atoms with Crippen LogP contribution in [-0.4, -0.2) is 24.3 Å². The monoisotopic (exact) mass is 172 g/mol. The predicted octanol–water partition coefficient (Wildman–Crippen LogP) is 1.27. The lowest BCUT2D eigenvalue weighted by Crippen LogP contribution is -2.02. The van der Waals surface area contributed by atoms with Crippen molar-refractivity contribution in [2.24, 2.45) is 0 Å². The highest BCUT2D eigenvalue weighted by Gasteiger charge is 1.98. The van der Waals surface area contributed by atoms with Crippen molar-refractivity contribution >= 4 is 5.97 Å². The molecule has 1 N–H and O–H groups in total. The molecular weight excluding hydrogens is 156 g/mol. The van der Waals surface area contributed by atoms with E-state index in [-0.39, 0.29) is 12.6 Å². The highest BCUT2D eigenvalue weighted by molar-refractivity contribution is 5.69. The van der Waals surface area contributed by atoms with E-state index in [1.807, 2.05) is 6.08 Å². The van der Waals surface area contributed by atoms with Crippen LogP contribution < -0.4 is 0 Å². The SMILES string of the molecule is CCOC(=O)CCC/C=C\CO. The lowest BCUT2D eigenvalue weighted by atomic mass is 10.2. The molecule has 3 heteroatoms. The van der Waals surface area contributed by atoms with Gasteiger partial charge in [-0.2, -0.15) is 0 Å². The number of hydrogen-bond donors (Lipinski definition) is 1. The molecule has 0 heterocycles. The van der Waals surface area contributed by atoms with Gasteiger partial charge in [0.1, 0.15) is 0 Å². The Morgan fingerprint density at radius 1 is 1.50 bits per heavy atom. The molecule has 0 aliphatic carbocycles. The van der Waals surface area contributed by atoms with Gasteiger partial charge in [-0.05, 0) is 19.8 Å². The van der Waals surface area contributed by atoms with Gasteiger partial charge in [0.15, 0.2) is 0 Å². The van der Waals surface area contributed by atoms with E-state index in [4.69, 9.17) is 9.84 Å². The van der Waals surface area contributed by atoms with E-state index in [1.54, 1.807) is 13.0 Å². The Labute approximate surface area is 73.0 Å². The summed E-state index contributed by atoms with van der Waals surface area (Å²) >= 11 is 0. The summed E-state index contributed by atoms with van der Waals surface area (Å²) in [6.07, 6.45) is 5.60. The van der Waals surface area contributed by atoms with Crippen LogP contribution in [0.1, 0.15) is 26.2 Å². The number of carbonyl (C=O) groups is 1. The molecule has 0 rings (SSSR count). The maximum Gasteiger partial charge on any atom is 0.305 e. The van der Waals surface area contributed by atoms with Crippen LogP contribution in [0.15, 0.2) is 12.2 Å². The molecule has 0 fully saturated rings. The zero-order valence-electron chi connectivity index (χ0n) is 7.45. The fourth-order valence-electron chi connectivity index (χ4n) is 0.790. The molecule has 0 aromatic carbocycles. The number of ether oxygens (including phenoxy) is 1. The zero-order valence-corrected chi connectivity index (χ0v) is 7.45. The summed E-state index contributed by atoms with van der Waals surface area (Å²) in [5, 5.41) is 8.38. The molecule has 0 radical (unpaired) electrons. The van der Waals surface area contributed by atoms with E-state index >= 15 is 0 Å². The molecular formula is C9H16O3. The maximum absolute atomic E-state index is 10.8. The van der Waals surface area contributed by atoms with Gasteiger partial charge in [-0.25, -0.2) is 0 Å². The highest BCUT2D eigenvalue weighted by Crippen LogP contribution is 1.98. The third-order valence-electron chi connectivity index (χ3n) is 1.33. The van der Waals surface area contributed by atoms with Crippen LogP contribution in [0.25, 0.3) is 0 Å². The predicted molar refractivity (Wildman–Crippen MR) is 46.7 cm³/mol. The van der Waals surface area contributed by atoms with Crippen LogP contribution in [0.2, 0.25) is 0 Å². The first kappa shape index (κ1) is 11.2. The Morgan fingerprint density at radius 3 is 2.83 bits per heavy atom. The van der Waals surface area contributed by atoms with Crippen molar-refractivity contribution in [3.05, 3.63) is 12.2 Å². The largest absolute Gasteiger partial charge is 0.466 e. The average molecular weight is 172 g/mol. The number of aliphatic hydroxyl groups excluding tert-OH is 1. The van der Waals surface area contributed by atoms with Crippen molar-refractivity contribution in [2.75, 3.05) is 13.2 Å². The number of allylic oxidation sites excluding steroid dienone is 1. The summed E-state index contributed by atoms with van der Waals surface area (Å²) in [7, 11) is 0. The molecule has 0 aromatic rings. The molecule has 12 heavy (non-hydrogen) atoms. The van der Waals surface area contributed by atoms with Crippen molar-refractivity contribution in [2.45, 2.75) is 26.2 Å². The first-order valence-electron chi connectivity index (χ1n) is 4.22. The minimum absolute atomic E-state index is 0.0689. The van der Waals surface area contributed by atoms with Gasteiger partial charge in [0, 0.05) is 6.42 Å². The van der Waals surface area contributed by atoms with E-state index in [1.165, 1.54) is 0 Å². The second kappa shape index (κ2) is 8.27. The minimum atomic E-state index is -0.144. The van der Waals surface area contributed by atoms with Gasteiger partial charge in [-0.15, -0.1) is 0 Å². The third-order valence-corrected chi connectivity index (χ3v) is 1.33. The van der Waals surface area contributed by atoms with Gasteiger partial charge in [0.25, 0.3) is 0 Å². The first-order chi connectivity index (χ1) is 5.81. The molecule has 0 aromatic heterocycles. The lowest BCUT2D eigenvalue weighted by molar-refractivity contribution is -0.143. The van der Waals surface area contributed by atoms with E-state index in [0.29, 0.717) is 13.0 Å². The Balaban J connectivity index is 3.19. The number of carbonyl (C=O) groups excluding carboxylic acids is 1. The van der Waals surface area contributed by atoms with Crippen molar-refractivity contribution < 1.29 is 14.6 Å². The molecule has 0 unspecified atom stereocenters. The average Bonchev–Trinajstić information content (AvgIpc) is 2.05. The van der Waals surface area contributed by atoms with Crippen molar-refractivity contribution in [3.63, 3.8) is 0 Å². The molecule has 0 saturated heterocycles. The van der Waals surface area contributed by atoms with Gasteiger partial charge in [0.05, 0.1) is 13.2 Å². The zero-order chi connectivity index (χ0) is 9.23. The van der Waals surface area contributed by atoms with Crippen LogP contribution in [0.5, 0.6) is 0 Å². The molecule has 0 aliphatic rings. The molecule has 0 saturated carbocycles. The maximum atomic E-state index is 10.8. The quantitative estimate of drug-likeness (QED) is 0.373. The van der Waals surface area contributed by atoms with Crippen molar-refractivity contribution in [1.29, 1.82) is 0 Å². The number of esters is 1. The number of unbranched alkanes of at least 4 members (excludes halogenated alkanes) is 1. The van der Waals surface area contributed by atoms with E-state index < -0.39 is 0 Å². The Bertz CT molecular complexity index is 141. The fraction of sp³-hybridized carbons (Fsp3) is 0.667. The van der Waals surface area contributed by atoms with E-state index in [0.717, 1.165) is 12.8 Å². The van der Waals surface area contributed by atoms with Gasteiger partial charge in [0.2, 0.25) is 0 Å². The molecule has 0 atom stereocenters. The van der Waals surface area contributed by atoms with Crippen LogP contribution in [0.4, 0.5) is 0 Å². The Morgan fingerprint density at radius 2 is 2.25 bits per heavy atom. The molecule has 0 amide bonds. The van der Waals surface area contributed by atoms with Gasteiger partial charge in [-0.1, -0.05) is 12.2 Å². The third kappa shape index (κ3) is 7.28. The second-order valence-corrected chi connectivity index (χ2v) is 2.35. The smallest absolute Gasteiger partial charge is 0.305 e. The van der Waals surface area contributed by atoms with Crippen LogP contribution >= 0.6 is 0 Å². The fourth-order valence-corrected chi connectivity index (χ4v) is 0.790. The van der Waals surface area contributed by atoms with Gasteiger partial charge >= 0.3 is 5.97 Å². The lowest BCUT2D eigenvalue weighted by Gasteiger charge is -1.98. The summed E-state index contributed by atoms with van der Waals surface area (Å²) in [6.45, 7) is 2.31. The summed E-state index contributed by atoms with van der Waals surface area (Å²) in [6, 6.07) is 0. The van der Waals surface area contributed by atoms with E-state index in [2.05, 4.69) is 0 Å². The molecule has 0 bridgehead atoms. The van der Waals surface area contributed by atoms with Crippen molar-refractivity contribution in [3.8, 4) is 0 Å². The van der Waals surface area contributed by atoms with Gasteiger partial charge in [-0.3, -0.25) is 4.79 Å². The molecule has 0 spiro atoms. The first-order valence-corrected chi connectivity index (χ1v) is 4.22. The highest BCUT2D eigenvalue weighted by atomic mass is 16.5. The van der Waals surface area contributed by atoms with Gasteiger partial charge < -0.3 is 9.84 Å². The summed E-state index contributed by atoms with van der Waals surface area (Å²) in [4.78, 5) is 10.8. The molecule has 70 valence electrons.